The molecule has 7 N–H and O–H groups in total. The highest BCUT2D eigenvalue weighted by Gasteiger charge is 2.31. The van der Waals surface area contributed by atoms with Crippen molar-refractivity contribution in [3.8, 4) is 0 Å². The van der Waals surface area contributed by atoms with Gasteiger partial charge in [0.2, 0.25) is 17.7 Å². The zero-order chi connectivity index (χ0) is 27.8. The highest BCUT2D eigenvalue weighted by atomic mass is 16.5. The van der Waals surface area contributed by atoms with Gasteiger partial charge < -0.3 is 31.6 Å². The van der Waals surface area contributed by atoms with Crippen molar-refractivity contribution in [2.75, 3.05) is 6.54 Å². The minimum absolute atomic E-state index is 0.0626. The van der Waals surface area contributed by atoms with Crippen molar-refractivity contribution in [2.24, 2.45) is 16.9 Å². The fourth-order valence-corrected chi connectivity index (χ4v) is 3.17. The monoisotopic (exact) mass is 514 g/mol. The van der Waals surface area contributed by atoms with Crippen molar-refractivity contribution in [1.29, 1.82) is 0 Å². The summed E-state index contributed by atoms with van der Waals surface area (Å²) < 4.78 is 5.21. The molecule has 13 heteroatoms. The van der Waals surface area contributed by atoms with Gasteiger partial charge in [-0.1, -0.05) is 13.8 Å². The van der Waals surface area contributed by atoms with Gasteiger partial charge in [0.15, 0.2) is 5.78 Å². The largest absolute Gasteiger partial charge is 0.461 e. The molecule has 4 atom stereocenters. The van der Waals surface area contributed by atoms with E-state index in [0.29, 0.717) is 13.0 Å². The maximum absolute atomic E-state index is 13.2. The topological polar surface area (TPSA) is 201 Å². The van der Waals surface area contributed by atoms with E-state index in [0.717, 1.165) is 6.21 Å². The lowest BCUT2D eigenvalue weighted by atomic mass is 10.0. The number of nitrogens with two attached hydrogens (primary N) is 1. The Kier molecular flexibility index (Phi) is 15.9. The van der Waals surface area contributed by atoms with Crippen LogP contribution >= 0.6 is 0 Å². The Balaban J connectivity index is 5.66. The number of nitrogens with one attached hydrogen (secondary N) is 4. The number of aliphatic hydroxyl groups is 1. The predicted molar refractivity (Wildman–Crippen MR) is 133 cm³/mol. The van der Waals surface area contributed by atoms with Gasteiger partial charge in [-0.15, -0.1) is 0 Å². The van der Waals surface area contributed by atoms with Crippen molar-refractivity contribution in [1.82, 2.24) is 21.3 Å². The number of Topliss-reactive ketones (excluding diaryl/α,β-unsaturated/α-hetero) is 1. The standard InChI is InChI=1S/C23H42N6O7/c1-13(2)20(27-16(6)31)22(34)28-18(8-7-11-25-15(5)30)21(33)29-19(23(35)36-14(3)4)10-9-17(32)12-26-24/h12-15,18-20,25,30H,7-11,24H2,1-6H3,(H,27,31)(H,28,34)(H,29,33)/t15?,18-,19-,20?/m0/s1. The molecule has 0 aromatic rings. The van der Waals surface area contributed by atoms with Crippen LogP contribution in [0.15, 0.2) is 5.10 Å². The van der Waals surface area contributed by atoms with Crippen LogP contribution in [-0.2, 0) is 28.7 Å². The van der Waals surface area contributed by atoms with Crippen LogP contribution in [0.1, 0.15) is 67.2 Å². The molecule has 0 aromatic carbocycles. The third-order valence-electron chi connectivity index (χ3n) is 4.90. The van der Waals surface area contributed by atoms with E-state index in [9.17, 15) is 29.1 Å². The summed E-state index contributed by atoms with van der Waals surface area (Å²) >= 11 is 0. The van der Waals surface area contributed by atoms with Crippen molar-refractivity contribution in [3.05, 3.63) is 0 Å². The summed E-state index contributed by atoms with van der Waals surface area (Å²) in [5.41, 5.74) is 0. The molecule has 0 aliphatic rings. The van der Waals surface area contributed by atoms with Crippen LogP contribution in [0, 0.1) is 5.92 Å². The number of nitrogens with zero attached hydrogens (tertiary/aromatic N) is 1. The van der Waals surface area contributed by atoms with Crippen molar-refractivity contribution in [2.45, 2.75) is 97.7 Å². The molecule has 0 rings (SSSR count). The number of carbonyl (C=O) groups is 5. The van der Waals surface area contributed by atoms with E-state index in [1.807, 2.05) is 0 Å². The Morgan fingerprint density at radius 2 is 1.56 bits per heavy atom. The third kappa shape index (κ3) is 14.4. The Labute approximate surface area is 212 Å². The Morgan fingerprint density at radius 3 is 2.06 bits per heavy atom. The van der Waals surface area contributed by atoms with E-state index < -0.39 is 59.9 Å². The fourth-order valence-electron chi connectivity index (χ4n) is 3.17. The van der Waals surface area contributed by atoms with Crippen LogP contribution in [0.25, 0.3) is 0 Å². The van der Waals surface area contributed by atoms with Gasteiger partial charge in [-0.25, -0.2) is 4.79 Å². The summed E-state index contributed by atoms with van der Waals surface area (Å²) in [5.74, 6) is 1.96. The zero-order valence-corrected chi connectivity index (χ0v) is 22.0. The number of hydrogen-bond donors (Lipinski definition) is 6. The first-order valence-electron chi connectivity index (χ1n) is 12.0. The molecule has 2 unspecified atom stereocenters. The number of esters is 1. The van der Waals surface area contributed by atoms with Crippen LogP contribution in [0.2, 0.25) is 0 Å². The zero-order valence-electron chi connectivity index (χ0n) is 22.0. The maximum Gasteiger partial charge on any atom is 0.328 e. The smallest absolute Gasteiger partial charge is 0.328 e. The number of aliphatic hydroxyl groups excluding tert-OH is 1. The summed E-state index contributed by atoms with van der Waals surface area (Å²) in [7, 11) is 0. The second-order valence-corrected chi connectivity index (χ2v) is 9.09. The van der Waals surface area contributed by atoms with Gasteiger partial charge in [0.1, 0.15) is 24.4 Å². The number of hydrogen-bond acceptors (Lipinski definition) is 10. The lowest BCUT2D eigenvalue weighted by molar-refractivity contribution is -0.152. The molecule has 13 nitrogen and oxygen atoms in total. The van der Waals surface area contributed by atoms with Gasteiger partial charge in [-0.05, 0) is 52.5 Å². The van der Waals surface area contributed by atoms with Gasteiger partial charge in [0.25, 0.3) is 0 Å². The van der Waals surface area contributed by atoms with Gasteiger partial charge in [0, 0.05) is 13.3 Å². The summed E-state index contributed by atoms with van der Waals surface area (Å²) in [5, 5.41) is 23.1. The second-order valence-electron chi connectivity index (χ2n) is 9.09. The minimum Gasteiger partial charge on any atom is -0.461 e. The number of ketones is 1. The number of hydrazone groups is 1. The summed E-state index contributed by atoms with van der Waals surface area (Å²) in [4.78, 5) is 62.0. The van der Waals surface area contributed by atoms with Crippen LogP contribution < -0.4 is 27.1 Å². The molecular weight excluding hydrogens is 472 g/mol. The SMILES string of the molecule is CC(=O)NC(C(=O)N[C@@H](CCCNC(C)O)C(=O)N[C@@H](CCC(=O)C=NN)C(=O)OC(C)C)C(C)C. The highest BCUT2D eigenvalue weighted by Crippen LogP contribution is 2.08. The van der Waals surface area contributed by atoms with Crippen molar-refractivity contribution in [3.63, 3.8) is 0 Å². The second kappa shape index (κ2) is 17.4. The first-order valence-corrected chi connectivity index (χ1v) is 12.0. The average molecular weight is 515 g/mol. The normalized spacial score (nSPS) is 14.7. The van der Waals surface area contributed by atoms with Gasteiger partial charge in [-0.3, -0.25) is 24.5 Å². The van der Waals surface area contributed by atoms with Crippen LogP contribution in [0.3, 0.4) is 0 Å². The number of amides is 3. The van der Waals surface area contributed by atoms with Crippen LogP contribution in [0.4, 0.5) is 0 Å². The van der Waals surface area contributed by atoms with E-state index in [4.69, 9.17) is 10.6 Å². The molecule has 36 heavy (non-hydrogen) atoms. The van der Waals surface area contributed by atoms with Gasteiger partial charge in [0.05, 0.1) is 12.3 Å². The van der Waals surface area contributed by atoms with E-state index in [2.05, 4.69) is 26.4 Å². The summed E-state index contributed by atoms with van der Waals surface area (Å²) in [6.45, 7) is 10.0. The molecule has 206 valence electrons. The fraction of sp³-hybridized carbons (Fsp3) is 0.739. The first-order chi connectivity index (χ1) is 16.8. The molecule has 0 bridgehead atoms. The van der Waals surface area contributed by atoms with E-state index in [1.54, 1.807) is 34.6 Å². The quantitative estimate of drug-likeness (QED) is 0.0354. The van der Waals surface area contributed by atoms with Gasteiger partial charge in [-0.2, -0.15) is 5.10 Å². The van der Waals surface area contributed by atoms with E-state index >= 15 is 0 Å². The molecule has 0 aliphatic carbocycles. The van der Waals surface area contributed by atoms with E-state index in [-0.39, 0.29) is 25.2 Å². The van der Waals surface area contributed by atoms with Crippen LogP contribution in [0.5, 0.6) is 0 Å². The molecule has 0 fully saturated rings. The summed E-state index contributed by atoms with van der Waals surface area (Å²) in [6.07, 6.45) is 0.110. The Morgan fingerprint density at radius 1 is 0.944 bits per heavy atom. The molecule has 0 aliphatic heterocycles. The lowest BCUT2D eigenvalue weighted by Gasteiger charge is -2.26. The molecule has 0 spiro atoms. The van der Waals surface area contributed by atoms with Crippen molar-refractivity contribution < 1.29 is 33.8 Å². The first kappa shape index (κ1) is 32.9. The Hall–Kier alpha value is -3.06. The average Bonchev–Trinajstić information content (AvgIpc) is 2.75. The van der Waals surface area contributed by atoms with Crippen LogP contribution in [-0.4, -0.2) is 77.8 Å². The lowest BCUT2D eigenvalue weighted by Crippen LogP contribution is -2.57. The number of carbonyl (C=O) groups excluding carboxylic acids is 5. The summed E-state index contributed by atoms with van der Waals surface area (Å²) in [6, 6.07) is -3.08. The molecule has 0 saturated carbocycles. The minimum atomic E-state index is -1.15. The number of rotatable bonds is 17. The molecule has 3 amide bonds. The Bertz CT molecular complexity index is 770. The predicted octanol–water partition coefficient (Wildman–Crippen LogP) is -0.930. The molecule has 0 aromatic heterocycles. The third-order valence-corrected chi connectivity index (χ3v) is 4.90. The molecular formula is C23H42N6O7. The van der Waals surface area contributed by atoms with Gasteiger partial charge >= 0.3 is 5.97 Å². The van der Waals surface area contributed by atoms with E-state index in [1.165, 1.54) is 6.92 Å². The molecule has 0 radical (unpaired) electrons. The van der Waals surface area contributed by atoms with Crippen molar-refractivity contribution >= 4 is 35.7 Å². The maximum atomic E-state index is 13.2. The molecule has 0 heterocycles. The number of ether oxygens (including phenoxy) is 1. The highest BCUT2D eigenvalue weighted by molar-refractivity contribution is 6.27. The molecule has 0 saturated heterocycles.